The molecule has 162 valence electrons. The molecule has 0 bridgehead atoms. The SMILES string of the molecule is CC(CN(CCO)CC(O)c1csc(C(F)(F)F)n1)c1ccc(OCCO)cc1. The Morgan fingerprint density at radius 1 is 1.14 bits per heavy atom. The van der Waals surface area contributed by atoms with Crippen molar-refractivity contribution < 1.29 is 33.2 Å². The van der Waals surface area contributed by atoms with Gasteiger partial charge in [0.2, 0.25) is 0 Å². The molecule has 0 fully saturated rings. The number of ether oxygens (including phenoxy) is 1. The molecule has 1 heterocycles. The molecule has 1 aromatic heterocycles. The van der Waals surface area contributed by atoms with Crippen molar-refractivity contribution >= 4 is 11.3 Å². The second kappa shape index (κ2) is 10.9. The predicted octanol–water partition coefficient (Wildman–Crippen LogP) is 2.66. The van der Waals surface area contributed by atoms with Crippen molar-refractivity contribution in [2.75, 3.05) is 39.5 Å². The fourth-order valence-corrected chi connectivity index (χ4v) is 3.59. The Labute approximate surface area is 171 Å². The Kier molecular flexibility index (Phi) is 8.84. The Morgan fingerprint density at radius 2 is 1.83 bits per heavy atom. The maximum atomic E-state index is 12.7. The fourth-order valence-electron chi connectivity index (χ4n) is 2.85. The normalized spacial score (nSPS) is 14.2. The van der Waals surface area contributed by atoms with Gasteiger partial charge in [0.05, 0.1) is 18.9 Å². The third-order valence-corrected chi connectivity index (χ3v) is 5.20. The van der Waals surface area contributed by atoms with E-state index in [1.165, 1.54) is 5.38 Å². The molecule has 0 amide bonds. The Hall–Kier alpha value is -1.72. The van der Waals surface area contributed by atoms with Crippen LogP contribution in [0.5, 0.6) is 5.75 Å². The molecular weight excluding hydrogens is 409 g/mol. The molecule has 0 spiro atoms. The number of nitrogens with zero attached hydrogens (tertiary/aromatic N) is 2. The van der Waals surface area contributed by atoms with Gasteiger partial charge < -0.3 is 20.1 Å². The van der Waals surface area contributed by atoms with Crippen LogP contribution in [0.15, 0.2) is 29.6 Å². The highest BCUT2D eigenvalue weighted by molar-refractivity contribution is 7.09. The van der Waals surface area contributed by atoms with E-state index in [4.69, 9.17) is 9.84 Å². The van der Waals surface area contributed by atoms with Gasteiger partial charge in [0.15, 0.2) is 5.01 Å². The first-order chi connectivity index (χ1) is 13.7. The number of aromatic nitrogens is 1. The lowest BCUT2D eigenvalue weighted by atomic mass is 10.00. The smallest absolute Gasteiger partial charge is 0.443 e. The minimum atomic E-state index is -4.53. The highest BCUT2D eigenvalue weighted by Crippen LogP contribution is 2.33. The van der Waals surface area contributed by atoms with E-state index in [0.29, 0.717) is 23.6 Å². The average Bonchev–Trinajstić information content (AvgIpc) is 3.18. The van der Waals surface area contributed by atoms with Crippen molar-refractivity contribution in [3.8, 4) is 5.75 Å². The number of thiazole rings is 1. The molecule has 0 saturated heterocycles. The Bertz CT molecular complexity index is 740. The summed E-state index contributed by atoms with van der Waals surface area (Å²) < 4.78 is 43.4. The van der Waals surface area contributed by atoms with Gasteiger partial charge in [-0.3, -0.25) is 4.90 Å². The summed E-state index contributed by atoms with van der Waals surface area (Å²) in [5, 5.41) is 28.6. The monoisotopic (exact) mass is 434 g/mol. The molecule has 0 aliphatic heterocycles. The van der Waals surface area contributed by atoms with E-state index in [0.717, 1.165) is 5.56 Å². The summed E-state index contributed by atoms with van der Waals surface area (Å²) in [7, 11) is 0. The zero-order valence-corrected chi connectivity index (χ0v) is 16.8. The molecule has 29 heavy (non-hydrogen) atoms. The highest BCUT2D eigenvalue weighted by atomic mass is 32.1. The van der Waals surface area contributed by atoms with Crippen LogP contribution in [0.1, 0.15) is 35.2 Å². The number of hydrogen-bond donors (Lipinski definition) is 3. The van der Waals surface area contributed by atoms with Crippen molar-refractivity contribution in [2.45, 2.75) is 25.1 Å². The molecule has 0 aliphatic rings. The van der Waals surface area contributed by atoms with E-state index < -0.39 is 17.3 Å². The van der Waals surface area contributed by atoms with Crippen LogP contribution in [-0.4, -0.2) is 64.7 Å². The molecule has 0 radical (unpaired) electrons. The highest BCUT2D eigenvalue weighted by Gasteiger charge is 2.35. The molecule has 3 N–H and O–H groups in total. The van der Waals surface area contributed by atoms with Crippen LogP contribution < -0.4 is 4.74 Å². The number of rotatable bonds is 11. The van der Waals surface area contributed by atoms with Crippen molar-refractivity contribution in [3.05, 3.63) is 45.9 Å². The van der Waals surface area contributed by atoms with Crippen molar-refractivity contribution in [2.24, 2.45) is 0 Å². The molecule has 2 aromatic rings. The fraction of sp³-hybridized carbons (Fsp3) is 0.526. The van der Waals surface area contributed by atoms with Crippen LogP contribution in [0.2, 0.25) is 0 Å². The number of halogens is 3. The van der Waals surface area contributed by atoms with Crippen LogP contribution in [0.4, 0.5) is 13.2 Å². The zero-order valence-electron chi connectivity index (χ0n) is 16.0. The van der Waals surface area contributed by atoms with Gasteiger partial charge in [-0.25, -0.2) is 4.98 Å². The van der Waals surface area contributed by atoms with E-state index in [9.17, 15) is 23.4 Å². The number of alkyl halides is 3. The van der Waals surface area contributed by atoms with E-state index in [1.807, 2.05) is 19.1 Å². The molecule has 10 heteroatoms. The summed E-state index contributed by atoms with van der Waals surface area (Å²) in [6.45, 7) is 2.80. The molecule has 0 saturated carbocycles. The lowest BCUT2D eigenvalue weighted by Crippen LogP contribution is -2.34. The number of aliphatic hydroxyl groups excluding tert-OH is 3. The maximum Gasteiger partial charge on any atom is 0.443 e. The lowest BCUT2D eigenvalue weighted by molar-refractivity contribution is -0.137. The second-order valence-corrected chi connectivity index (χ2v) is 7.47. The van der Waals surface area contributed by atoms with Crippen molar-refractivity contribution in [1.82, 2.24) is 9.88 Å². The third-order valence-electron chi connectivity index (χ3n) is 4.29. The van der Waals surface area contributed by atoms with Crippen LogP contribution in [0, 0.1) is 0 Å². The maximum absolute atomic E-state index is 12.7. The van der Waals surface area contributed by atoms with Gasteiger partial charge in [-0.2, -0.15) is 13.2 Å². The summed E-state index contributed by atoms with van der Waals surface area (Å²) in [5.41, 5.74) is 0.982. The first kappa shape index (κ1) is 23.6. The van der Waals surface area contributed by atoms with Crippen LogP contribution in [0.3, 0.4) is 0 Å². The van der Waals surface area contributed by atoms with E-state index in [-0.39, 0.29) is 44.5 Å². The third kappa shape index (κ3) is 7.23. The van der Waals surface area contributed by atoms with Gasteiger partial charge in [0.1, 0.15) is 18.5 Å². The van der Waals surface area contributed by atoms with E-state index in [1.54, 1.807) is 17.0 Å². The summed E-state index contributed by atoms with van der Waals surface area (Å²) in [6, 6.07) is 7.36. The van der Waals surface area contributed by atoms with E-state index in [2.05, 4.69) is 4.98 Å². The lowest BCUT2D eigenvalue weighted by Gasteiger charge is -2.27. The van der Waals surface area contributed by atoms with Gasteiger partial charge in [0.25, 0.3) is 0 Å². The minimum absolute atomic E-state index is 0.0247. The molecule has 2 atom stereocenters. The Balaban J connectivity index is 1.98. The predicted molar refractivity (Wildman–Crippen MR) is 103 cm³/mol. The first-order valence-corrected chi connectivity index (χ1v) is 10.00. The number of aliphatic hydroxyl groups is 3. The summed E-state index contributed by atoms with van der Waals surface area (Å²) in [5.74, 6) is 0.684. The summed E-state index contributed by atoms with van der Waals surface area (Å²) in [6.07, 6.45) is -5.72. The topological polar surface area (TPSA) is 86.1 Å². The summed E-state index contributed by atoms with van der Waals surface area (Å²) >= 11 is 0.451. The molecular formula is C19H25F3N2O4S. The van der Waals surface area contributed by atoms with Crippen LogP contribution >= 0.6 is 11.3 Å². The zero-order chi connectivity index (χ0) is 21.4. The second-order valence-electron chi connectivity index (χ2n) is 6.62. The van der Waals surface area contributed by atoms with Crippen LogP contribution in [-0.2, 0) is 6.18 Å². The van der Waals surface area contributed by atoms with Gasteiger partial charge in [-0.15, -0.1) is 11.3 Å². The molecule has 1 aromatic carbocycles. The van der Waals surface area contributed by atoms with E-state index >= 15 is 0 Å². The number of hydrogen-bond acceptors (Lipinski definition) is 7. The van der Waals surface area contributed by atoms with Gasteiger partial charge in [0, 0.05) is 25.0 Å². The average molecular weight is 434 g/mol. The number of benzene rings is 1. The molecule has 2 rings (SSSR count). The van der Waals surface area contributed by atoms with Crippen LogP contribution in [0.25, 0.3) is 0 Å². The van der Waals surface area contributed by atoms with Gasteiger partial charge in [-0.1, -0.05) is 19.1 Å². The minimum Gasteiger partial charge on any atom is -0.491 e. The van der Waals surface area contributed by atoms with Crippen molar-refractivity contribution in [1.29, 1.82) is 0 Å². The quantitative estimate of drug-likeness (QED) is 0.504. The standard InChI is InChI=1S/C19H25F3N2O4S/c1-13(14-2-4-15(5-3-14)28-9-8-26)10-24(6-7-25)11-17(27)16-12-29-18(23-16)19(20,21)22/h2-5,12-13,17,25-27H,6-11H2,1H3. The molecule has 6 nitrogen and oxygen atoms in total. The van der Waals surface area contributed by atoms with Gasteiger partial charge >= 0.3 is 6.18 Å². The largest absolute Gasteiger partial charge is 0.491 e. The van der Waals surface area contributed by atoms with Gasteiger partial charge in [-0.05, 0) is 23.6 Å². The first-order valence-electron chi connectivity index (χ1n) is 9.12. The molecule has 0 aliphatic carbocycles. The Morgan fingerprint density at radius 3 is 2.38 bits per heavy atom. The van der Waals surface area contributed by atoms with Crippen molar-refractivity contribution in [3.63, 3.8) is 0 Å². The molecule has 2 unspecified atom stereocenters. The summed E-state index contributed by atoms with van der Waals surface area (Å²) in [4.78, 5) is 5.28.